The zero-order chi connectivity index (χ0) is 16.2. The van der Waals surface area contributed by atoms with Crippen LogP contribution in [0.25, 0.3) is 0 Å². The molecule has 0 spiro atoms. The summed E-state index contributed by atoms with van der Waals surface area (Å²) < 4.78 is 0. The van der Waals surface area contributed by atoms with Crippen molar-refractivity contribution >= 4 is 74.4 Å². The highest BCUT2D eigenvalue weighted by atomic mass is 35.5. The van der Waals surface area contributed by atoms with Crippen molar-refractivity contribution in [2.75, 3.05) is 92.6 Å². The van der Waals surface area contributed by atoms with E-state index >= 15 is 0 Å². The Labute approximate surface area is 210 Å². The maximum atomic E-state index is 5.77. The molecule has 180 valence electrons. The Bertz CT molecular complexity index is 258. The molecule has 1 saturated heterocycles. The van der Waals surface area contributed by atoms with Gasteiger partial charge >= 0.3 is 0 Å². The van der Waals surface area contributed by atoms with E-state index in [0.29, 0.717) is 0 Å². The molecule has 1 rings (SSSR count). The topological polar surface area (TPSA) is 65.0 Å². The van der Waals surface area contributed by atoms with Gasteiger partial charge in [0.1, 0.15) is 0 Å². The molecule has 12 heteroatoms. The van der Waals surface area contributed by atoms with E-state index in [2.05, 4.69) is 33.7 Å². The lowest BCUT2D eigenvalue weighted by molar-refractivity contribution is 0.180. The number of hydrogen-bond acceptors (Lipinski definition) is 6. The molecule has 0 unspecified atom stereocenters. The van der Waals surface area contributed by atoms with Crippen LogP contribution in [0, 0.1) is 0 Å². The molecule has 1 fully saturated rings. The number of nitrogens with zero attached hydrogens (tertiary/aromatic N) is 4. The predicted molar refractivity (Wildman–Crippen MR) is 139 cm³/mol. The highest BCUT2D eigenvalue weighted by Gasteiger charge is 2.11. The van der Waals surface area contributed by atoms with E-state index in [0.717, 1.165) is 65.4 Å². The molecule has 0 saturated carbocycles. The van der Waals surface area contributed by atoms with Crippen LogP contribution in [0.15, 0.2) is 0 Å². The Morgan fingerprint density at radius 3 is 1.11 bits per heavy atom. The first kappa shape index (κ1) is 43.4. The van der Waals surface area contributed by atoms with E-state index in [4.69, 9.17) is 11.5 Å². The average Bonchev–Trinajstić information content (AvgIpc) is 2.49. The summed E-state index contributed by atoms with van der Waals surface area (Å²) in [6, 6.07) is 0. The van der Waals surface area contributed by atoms with Crippen LogP contribution < -0.4 is 11.5 Å². The predicted octanol–water partition coefficient (Wildman–Crippen LogP) is 1.70. The van der Waals surface area contributed by atoms with Crippen molar-refractivity contribution in [3.63, 3.8) is 0 Å². The zero-order valence-electron chi connectivity index (χ0n) is 17.3. The van der Waals surface area contributed by atoms with Gasteiger partial charge in [0.2, 0.25) is 0 Å². The summed E-state index contributed by atoms with van der Waals surface area (Å²) in [5.41, 5.74) is 11.5. The van der Waals surface area contributed by atoms with Crippen LogP contribution in [0.2, 0.25) is 0 Å². The van der Waals surface area contributed by atoms with Crippen molar-refractivity contribution in [3.05, 3.63) is 0 Å². The molecule has 0 aliphatic carbocycles. The molecule has 0 bridgehead atoms. The molecule has 28 heavy (non-hydrogen) atoms. The molecule has 1 aliphatic heterocycles. The zero-order valence-corrected chi connectivity index (χ0v) is 22.2. The van der Waals surface area contributed by atoms with Crippen molar-refractivity contribution in [1.82, 2.24) is 19.6 Å². The summed E-state index contributed by atoms with van der Waals surface area (Å²) in [5.74, 6) is 0. The van der Waals surface area contributed by atoms with E-state index in [9.17, 15) is 0 Å². The fourth-order valence-electron chi connectivity index (χ4n) is 3.01. The third-order valence-corrected chi connectivity index (χ3v) is 4.51. The molecule has 1 aliphatic rings. The van der Waals surface area contributed by atoms with Crippen LogP contribution in [0.3, 0.4) is 0 Å². The van der Waals surface area contributed by atoms with Crippen LogP contribution >= 0.6 is 74.4 Å². The maximum absolute atomic E-state index is 5.77. The fourth-order valence-corrected chi connectivity index (χ4v) is 3.01. The summed E-state index contributed by atoms with van der Waals surface area (Å²) in [7, 11) is 4.46. The summed E-state index contributed by atoms with van der Waals surface area (Å²) in [6.45, 7) is 12.7. The Morgan fingerprint density at radius 1 is 0.500 bits per heavy atom. The highest BCUT2D eigenvalue weighted by Crippen LogP contribution is 2.00. The second-order valence-electron chi connectivity index (χ2n) is 6.57. The maximum Gasteiger partial charge on any atom is 0.0110 e. The third-order valence-electron chi connectivity index (χ3n) is 4.51. The average molecular weight is 533 g/mol. The molecule has 0 atom stereocenters. The second kappa shape index (κ2) is 28.5. The normalized spacial score (nSPS) is 18.4. The number of hydrogen-bond donors (Lipinski definition) is 2. The van der Waals surface area contributed by atoms with Gasteiger partial charge in [0.25, 0.3) is 0 Å². The first-order chi connectivity index (χ1) is 10.7. The van der Waals surface area contributed by atoms with Crippen LogP contribution in [-0.4, -0.2) is 112 Å². The van der Waals surface area contributed by atoms with Gasteiger partial charge in [-0.1, -0.05) is 0 Å². The molecule has 0 radical (unpaired) electrons. The van der Waals surface area contributed by atoms with Crippen molar-refractivity contribution in [1.29, 1.82) is 0 Å². The Morgan fingerprint density at radius 2 is 0.821 bits per heavy atom. The molecule has 0 aromatic carbocycles. The highest BCUT2D eigenvalue weighted by molar-refractivity contribution is 5.86. The lowest BCUT2D eigenvalue weighted by Crippen LogP contribution is -2.42. The molecule has 0 aromatic rings. The van der Waals surface area contributed by atoms with E-state index < -0.39 is 0 Å². The first-order valence-electron chi connectivity index (χ1n) is 8.87. The van der Waals surface area contributed by atoms with Gasteiger partial charge in [0, 0.05) is 52.4 Å². The largest absolute Gasteiger partial charge is 0.329 e. The van der Waals surface area contributed by atoms with Gasteiger partial charge in [0.15, 0.2) is 0 Å². The first-order valence-corrected chi connectivity index (χ1v) is 8.87. The number of rotatable bonds is 4. The second-order valence-corrected chi connectivity index (χ2v) is 6.57. The number of nitrogens with two attached hydrogens (primary N) is 2. The lowest BCUT2D eigenvalue weighted by Gasteiger charge is -2.29. The molecule has 0 amide bonds. The van der Waals surface area contributed by atoms with Crippen LogP contribution in [-0.2, 0) is 0 Å². The SMILES string of the molecule is CN1CCCN(CCN)CCN(CCN)CCCN(C)CC1.Cl.Cl.Cl.Cl.Cl.Cl. The van der Waals surface area contributed by atoms with Crippen molar-refractivity contribution in [3.8, 4) is 0 Å². The summed E-state index contributed by atoms with van der Waals surface area (Å²) in [5, 5.41) is 0. The smallest absolute Gasteiger partial charge is 0.0110 e. The molecule has 0 aromatic heterocycles. The summed E-state index contributed by atoms with van der Waals surface area (Å²) in [6.07, 6.45) is 2.44. The van der Waals surface area contributed by atoms with Crippen molar-refractivity contribution < 1.29 is 0 Å². The number of halogens is 6. The van der Waals surface area contributed by atoms with Crippen molar-refractivity contribution in [2.45, 2.75) is 12.8 Å². The van der Waals surface area contributed by atoms with Gasteiger partial charge in [-0.05, 0) is 53.1 Å². The van der Waals surface area contributed by atoms with Crippen LogP contribution in [0.5, 0.6) is 0 Å². The van der Waals surface area contributed by atoms with Crippen LogP contribution in [0.1, 0.15) is 12.8 Å². The lowest BCUT2D eigenvalue weighted by atomic mass is 10.3. The van der Waals surface area contributed by atoms with Gasteiger partial charge in [0.05, 0.1) is 0 Å². The minimum absolute atomic E-state index is 0. The minimum Gasteiger partial charge on any atom is -0.329 e. The number of likely N-dealkylation sites (N-methyl/N-ethyl adjacent to an activating group) is 2. The standard InChI is InChI=1S/C16H38N6.6ClH/c1-19-7-3-9-21(11-5-17)15-16-22(12-6-18)10-4-8-20(2)14-13-19;;;;;;/h3-18H2,1-2H3;6*1H. The molecule has 1 heterocycles. The molecule has 4 N–H and O–H groups in total. The summed E-state index contributed by atoms with van der Waals surface area (Å²) >= 11 is 0. The third kappa shape index (κ3) is 22.2. The van der Waals surface area contributed by atoms with E-state index in [-0.39, 0.29) is 74.4 Å². The molecular formula is C16H44Cl6N6. The Hall–Kier alpha value is 1.50. The Kier molecular flexibility index (Phi) is 44.2. The van der Waals surface area contributed by atoms with E-state index in [1.807, 2.05) is 0 Å². The van der Waals surface area contributed by atoms with Gasteiger partial charge < -0.3 is 31.1 Å². The Balaban J connectivity index is -0.000000202. The molecule has 6 nitrogen and oxygen atoms in total. The van der Waals surface area contributed by atoms with Gasteiger partial charge in [-0.15, -0.1) is 74.4 Å². The van der Waals surface area contributed by atoms with Crippen molar-refractivity contribution in [2.24, 2.45) is 11.5 Å². The van der Waals surface area contributed by atoms with Gasteiger partial charge in [-0.3, -0.25) is 0 Å². The van der Waals surface area contributed by atoms with E-state index in [1.165, 1.54) is 25.9 Å². The summed E-state index contributed by atoms with van der Waals surface area (Å²) in [4.78, 5) is 9.91. The fraction of sp³-hybridized carbons (Fsp3) is 1.00. The quantitative estimate of drug-likeness (QED) is 0.574. The minimum atomic E-state index is 0. The van der Waals surface area contributed by atoms with E-state index in [1.54, 1.807) is 0 Å². The van der Waals surface area contributed by atoms with Gasteiger partial charge in [-0.25, -0.2) is 0 Å². The monoisotopic (exact) mass is 530 g/mol. The van der Waals surface area contributed by atoms with Crippen LogP contribution in [0.4, 0.5) is 0 Å². The molecular weight excluding hydrogens is 489 g/mol. The van der Waals surface area contributed by atoms with Gasteiger partial charge in [-0.2, -0.15) is 0 Å².